The van der Waals surface area contributed by atoms with Crippen molar-refractivity contribution >= 4 is 11.7 Å². The van der Waals surface area contributed by atoms with Crippen molar-refractivity contribution in [2.75, 3.05) is 45.3 Å². The lowest BCUT2D eigenvalue weighted by Gasteiger charge is -2.38. The molecule has 9 nitrogen and oxygen atoms in total. The van der Waals surface area contributed by atoms with E-state index in [-0.39, 0.29) is 18.1 Å². The molecule has 33 heavy (non-hydrogen) atoms. The number of piperidine rings is 1. The van der Waals surface area contributed by atoms with Crippen molar-refractivity contribution in [2.24, 2.45) is 0 Å². The Kier molecular flexibility index (Phi) is 8.51. The second kappa shape index (κ2) is 11.6. The highest BCUT2D eigenvalue weighted by Gasteiger charge is 2.31. The number of nitrogens with one attached hydrogen (secondary N) is 2. The molecule has 184 valence electrons. The van der Waals surface area contributed by atoms with Crippen molar-refractivity contribution in [1.82, 2.24) is 20.2 Å². The van der Waals surface area contributed by atoms with Gasteiger partial charge in [-0.25, -0.2) is 9.97 Å². The maximum atomic E-state index is 13.2. The SMILES string of the molecule is CO[C@@H]1COCC[C@@H]1NC1CCN(C(=O)c2ncnc(NC[C@H]3CCC[C@@H](C)O3)c2C)CC1. The van der Waals surface area contributed by atoms with Crippen molar-refractivity contribution in [3.63, 3.8) is 0 Å². The molecule has 1 amide bonds. The van der Waals surface area contributed by atoms with Crippen LogP contribution in [0, 0.1) is 6.92 Å². The number of aromatic nitrogens is 2. The smallest absolute Gasteiger partial charge is 0.272 e. The van der Waals surface area contributed by atoms with E-state index in [0.29, 0.717) is 37.0 Å². The minimum absolute atomic E-state index is 0.0141. The number of methoxy groups -OCH3 is 1. The van der Waals surface area contributed by atoms with Gasteiger partial charge in [-0.3, -0.25) is 4.79 Å². The molecule has 9 heteroatoms. The predicted octanol–water partition coefficient (Wildman–Crippen LogP) is 2.15. The third-order valence-electron chi connectivity index (χ3n) is 7.18. The van der Waals surface area contributed by atoms with Crippen molar-refractivity contribution in [2.45, 2.75) is 82.8 Å². The molecule has 4 atom stereocenters. The summed E-state index contributed by atoms with van der Waals surface area (Å²) >= 11 is 0. The number of nitrogens with zero attached hydrogens (tertiary/aromatic N) is 3. The Hall–Kier alpha value is -1.81. The molecule has 0 radical (unpaired) electrons. The van der Waals surface area contributed by atoms with Gasteiger partial charge in [0.05, 0.1) is 24.9 Å². The number of likely N-dealkylation sites (tertiary alicyclic amines) is 1. The maximum absolute atomic E-state index is 13.2. The molecule has 1 aromatic heterocycles. The molecule has 0 aromatic carbocycles. The molecule has 0 saturated carbocycles. The van der Waals surface area contributed by atoms with Crippen LogP contribution in [-0.2, 0) is 14.2 Å². The summed E-state index contributed by atoms with van der Waals surface area (Å²) in [6.07, 6.45) is 8.22. The van der Waals surface area contributed by atoms with Gasteiger partial charge >= 0.3 is 0 Å². The second-order valence-corrected chi connectivity index (χ2v) is 9.55. The highest BCUT2D eigenvalue weighted by molar-refractivity contribution is 5.94. The average molecular weight is 462 g/mol. The molecule has 0 aliphatic carbocycles. The number of carbonyl (C=O) groups excluding carboxylic acids is 1. The summed E-state index contributed by atoms with van der Waals surface area (Å²) in [4.78, 5) is 23.9. The molecular weight excluding hydrogens is 422 g/mol. The van der Waals surface area contributed by atoms with E-state index < -0.39 is 0 Å². The minimum atomic E-state index is -0.0141. The molecule has 2 N–H and O–H groups in total. The molecule has 0 unspecified atom stereocenters. The van der Waals surface area contributed by atoms with Crippen LogP contribution in [0.2, 0.25) is 0 Å². The summed E-state index contributed by atoms with van der Waals surface area (Å²) in [5, 5.41) is 7.12. The van der Waals surface area contributed by atoms with Gasteiger partial charge < -0.3 is 29.7 Å². The molecule has 1 aromatic rings. The number of hydrogen-bond acceptors (Lipinski definition) is 8. The van der Waals surface area contributed by atoms with Crippen LogP contribution in [0.25, 0.3) is 0 Å². The number of rotatable bonds is 7. The van der Waals surface area contributed by atoms with E-state index in [9.17, 15) is 4.79 Å². The van der Waals surface area contributed by atoms with E-state index in [1.807, 2.05) is 11.8 Å². The molecule has 3 aliphatic heterocycles. The Labute approximate surface area is 197 Å². The summed E-state index contributed by atoms with van der Waals surface area (Å²) in [5.41, 5.74) is 1.29. The Morgan fingerprint density at radius 2 is 2.03 bits per heavy atom. The van der Waals surface area contributed by atoms with E-state index in [2.05, 4.69) is 27.5 Å². The van der Waals surface area contributed by atoms with Crippen molar-refractivity contribution in [3.05, 3.63) is 17.6 Å². The van der Waals surface area contributed by atoms with E-state index in [0.717, 1.165) is 63.2 Å². The number of hydrogen-bond donors (Lipinski definition) is 2. The number of amides is 1. The summed E-state index contributed by atoms with van der Waals surface area (Å²) in [6, 6.07) is 0.696. The summed E-state index contributed by atoms with van der Waals surface area (Å²) in [7, 11) is 1.74. The highest BCUT2D eigenvalue weighted by atomic mass is 16.5. The first-order valence-electron chi connectivity index (χ1n) is 12.4. The fraction of sp³-hybridized carbons (Fsp3) is 0.792. The lowest BCUT2D eigenvalue weighted by atomic mass is 9.99. The Morgan fingerprint density at radius 3 is 2.79 bits per heavy atom. The first-order valence-corrected chi connectivity index (χ1v) is 12.4. The first-order chi connectivity index (χ1) is 16.0. The molecular formula is C24H39N5O4. The quantitative estimate of drug-likeness (QED) is 0.638. The molecule has 3 fully saturated rings. The zero-order valence-electron chi connectivity index (χ0n) is 20.2. The van der Waals surface area contributed by atoms with Gasteiger partial charge in [0.1, 0.15) is 17.8 Å². The monoisotopic (exact) mass is 461 g/mol. The molecule has 3 aliphatic rings. The second-order valence-electron chi connectivity index (χ2n) is 9.55. The van der Waals surface area contributed by atoms with Gasteiger partial charge in [-0.05, 0) is 52.4 Å². The minimum Gasteiger partial charge on any atom is -0.379 e. The lowest BCUT2D eigenvalue weighted by molar-refractivity contribution is -0.0533. The normalized spacial score (nSPS) is 29.1. The largest absolute Gasteiger partial charge is 0.379 e. The van der Waals surface area contributed by atoms with Gasteiger partial charge in [0.2, 0.25) is 0 Å². The van der Waals surface area contributed by atoms with Crippen molar-refractivity contribution in [3.8, 4) is 0 Å². The van der Waals surface area contributed by atoms with Crippen molar-refractivity contribution < 1.29 is 19.0 Å². The van der Waals surface area contributed by atoms with Crippen LogP contribution in [0.4, 0.5) is 5.82 Å². The van der Waals surface area contributed by atoms with Crippen LogP contribution >= 0.6 is 0 Å². The van der Waals surface area contributed by atoms with Gasteiger partial charge in [0.25, 0.3) is 5.91 Å². The third kappa shape index (κ3) is 6.20. The van der Waals surface area contributed by atoms with Crippen LogP contribution in [0.3, 0.4) is 0 Å². The summed E-state index contributed by atoms with van der Waals surface area (Å²) in [5.74, 6) is 0.705. The van der Waals surface area contributed by atoms with Gasteiger partial charge in [0, 0.05) is 51.0 Å². The summed E-state index contributed by atoms with van der Waals surface area (Å²) < 4.78 is 17.1. The average Bonchev–Trinajstić information content (AvgIpc) is 2.84. The van der Waals surface area contributed by atoms with Crippen LogP contribution < -0.4 is 10.6 Å². The zero-order chi connectivity index (χ0) is 23.2. The Bertz CT molecular complexity index is 786. The molecule has 0 spiro atoms. The fourth-order valence-corrected chi connectivity index (χ4v) is 5.14. The first kappa shape index (κ1) is 24.3. The fourth-order valence-electron chi connectivity index (χ4n) is 5.14. The lowest BCUT2D eigenvalue weighted by Crippen LogP contribution is -2.54. The van der Waals surface area contributed by atoms with E-state index >= 15 is 0 Å². The molecule has 4 heterocycles. The van der Waals surface area contributed by atoms with Crippen LogP contribution in [-0.4, -0.2) is 91.1 Å². The number of ether oxygens (including phenoxy) is 3. The van der Waals surface area contributed by atoms with Crippen molar-refractivity contribution in [1.29, 1.82) is 0 Å². The summed E-state index contributed by atoms with van der Waals surface area (Å²) in [6.45, 7) is 7.59. The molecule has 0 bridgehead atoms. The Morgan fingerprint density at radius 1 is 1.21 bits per heavy atom. The number of anilines is 1. The van der Waals surface area contributed by atoms with Crippen LogP contribution in [0.15, 0.2) is 6.33 Å². The van der Waals surface area contributed by atoms with Gasteiger partial charge in [-0.15, -0.1) is 0 Å². The van der Waals surface area contributed by atoms with Gasteiger partial charge in [-0.2, -0.15) is 0 Å². The topological polar surface area (TPSA) is 97.8 Å². The third-order valence-corrected chi connectivity index (χ3v) is 7.18. The van der Waals surface area contributed by atoms with E-state index in [4.69, 9.17) is 14.2 Å². The maximum Gasteiger partial charge on any atom is 0.272 e. The predicted molar refractivity (Wildman–Crippen MR) is 126 cm³/mol. The number of carbonyl (C=O) groups is 1. The van der Waals surface area contributed by atoms with E-state index in [1.165, 1.54) is 12.7 Å². The zero-order valence-corrected chi connectivity index (χ0v) is 20.2. The standard InChI is InChI=1S/C24H39N5O4/c1-16-5-4-6-19(33-16)13-25-23-17(2)22(26-15-27-23)24(30)29-10-7-18(8-11-29)28-20-9-12-32-14-21(20)31-3/h15-16,18-21,28H,4-14H2,1-3H3,(H,25,26,27)/t16-,19-,20+,21-/m1/s1. The highest BCUT2D eigenvalue weighted by Crippen LogP contribution is 2.22. The van der Waals surface area contributed by atoms with Crippen LogP contribution in [0.5, 0.6) is 0 Å². The molecule has 3 saturated heterocycles. The van der Waals surface area contributed by atoms with Gasteiger partial charge in [-0.1, -0.05) is 0 Å². The Balaban J connectivity index is 1.30. The molecule has 4 rings (SSSR count). The van der Waals surface area contributed by atoms with Gasteiger partial charge in [0.15, 0.2) is 0 Å². The van der Waals surface area contributed by atoms with Crippen LogP contribution in [0.1, 0.15) is 61.5 Å². The van der Waals surface area contributed by atoms with E-state index in [1.54, 1.807) is 7.11 Å².